The van der Waals surface area contributed by atoms with Crippen molar-refractivity contribution in [3.05, 3.63) is 57.3 Å². The molecule has 0 aliphatic rings. The number of thiophene rings is 2. The molecular formula is C16H18N2S2. The summed E-state index contributed by atoms with van der Waals surface area (Å²) in [5, 5.41) is 2.14. The first-order valence-corrected chi connectivity index (χ1v) is 8.36. The van der Waals surface area contributed by atoms with Gasteiger partial charge >= 0.3 is 0 Å². The van der Waals surface area contributed by atoms with Gasteiger partial charge in [0.2, 0.25) is 0 Å². The Kier molecular flexibility index (Phi) is 3.89. The van der Waals surface area contributed by atoms with Crippen LogP contribution < -0.4 is 11.3 Å². The van der Waals surface area contributed by atoms with Crippen molar-refractivity contribution in [1.29, 1.82) is 0 Å². The molecule has 20 heavy (non-hydrogen) atoms. The number of aryl methyl sites for hydroxylation is 2. The molecule has 0 saturated heterocycles. The molecule has 2 heterocycles. The standard InChI is InChI=1S/C16H18N2S2/c1-10-3-4-11(2)12(7-10)8-13(18-17)15-9-16-14(20-15)5-6-19-16/h3-7,9,13,18H,8,17H2,1-2H3. The van der Waals surface area contributed by atoms with Gasteiger partial charge in [0, 0.05) is 14.3 Å². The lowest BCUT2D eigenvalue weighted by molar-refractivity contribution is 0.559. The molecule has 0 radical (unpaired) electrons. The number of rotatable bonds is 4. The first kappa shape index (κ1) is 13.8. The van der Waals surface area contributed by atoms with Gasteiger partial charge in [-0.15, -0.1) is 22.7 Å². The van der Waals surface area contributed by atoms with Gasteiger partial charge in [-0.2, -0.15) is 0 Å². The summed E-state index contributed by atoms with van der Waals surface area (Å²) < 4.78 is 2.71. The quantitative estimate of drug-likeness (QED) is 0.556. The number of benzene rings is 1. The Bertz CT molecular complexity index is 698. The van der Waals surface area contributed by atoms with E-state index in [9.17, 15) is 0 Å². The van der Waals surface area contributed by atoms with Crippen LogP contribution in [0.2, 0.25) is 0 Å². The molecule has 104 valence electrons. The smallest absolute Gasteiger partial charge is 0.0594 e. The third-order valence-corrected chi connectivity index (χ3v) is 5.84. The summed E-state index contributed by atoms with van der Waals surface area (Å²) in [6.07, 6.45) is 0.928. The maximum atomic E-state index is 5.79. The molecule has 2 aromatic heterocycles. The molecule has 0 spiro atoms. The fourth-order valence-electron chi connectivity index (χ4n) is 2.44. The summed E-state index contributed by atoms with van der Waals surface area (Å²) in [7, 11) is 0. The van der Waals surface area contributed by atoms with Gasteiger partial charge in [-0.25, -0.2) is 0 Å². The largest absolute Gasteiger partial charge is 0.271 e. The van der Waals surface area contributed by atoms with Gasteiger partial charge in [0.1, 0.15) is 0 Å². The molecule has 1 atom stereocenters. The number of hydrogen-bond donors (Lipinski definition) is 2. The topological polar surface area (TPSA) is 38.0 Å². The summed E-state index contributed by atoms with van der Waals surface area (Å²) >= 11 is 3.62. The van der Waals surface area contributed by atoms with Crippen LogP contribution in [0.3, 0.4) is 0 Å². The maximum Gasteiger partial charge on any atom is 0.0594 e. The van der Waals surface area contributed by atoms with Crippen LogP contribution in [0.15, 0.2) is 35.7 Å². The van der Waals surface area contributed by atoms with Crippen LogP contribution in [0.4, 0.5) is 0 Å². The van der Waals surface area contributed by atoms with E-state index >= 15 is 0 Å². The van der Waals surface area contributed by atoms with Crippen LogP contribution in [0, 0.1) is 13.8 Å². The van der Waals surface area contributed by atoms with Gasteiger partial charge in [0.05, 0.1) is 6.04 Å². The van der Waals surface area contributed by atoms with E-state index in [0.717, 1.165) is 6.42 Å². The Balaban J connectivity index is 1.90. The number of nitrogens with one attached hydrogen (secondary N) is 1. The zero-order valence-corrected chi connectivity index (χ0v) is 13.3. The lowest BCUT2D eigenvalue weighted by Gasteiger charge is -2.16. The SMILES string of the molecule is Cc1ccc(C)c(CC(NN)c2cc3sccc3s2)c1. The molecule has 3 N–H and O–H groups in total. The van der Waals surface area contributed by atoms with Crippen molar-refractivity contribution in [1.82, 2.24) is 5.43 Å². The third kappa shape index (κ3) is 2.65. The Hall–Kier alpha value is -1.20. The summed E-state index contributed by atoms with van der Waals surface area (Å²) in [5.74, 6) is 5.79. The van der Waals surface area contributed by atoms with Crippen LogP contribution in [-0.4, -0.2) is 0 Å². The second kappa shape index (κ2) is 5.66. The van der Waals surface area contributed by atoms with Crippen molar-refractivity contribution in [2.75, 3.05) is 0 Å². The average molecular weight is 302 g/mol. The van der Waals surface area contributed by atoms with Gasteiger partial charge in [0.15, 0.2) is 0 Å². The molecule has 1 unspecified atom stereocenters. The first-order chi connectivity index (χ1) is 9.67. The number of hydrazine groups is 1. The van der Waals surface area contributed by atoms with E-state index in [4.69, 9.17) is 5.84 Å². The monoisotopic (exact) mass is 302 g/mol. The molecule has 0 bridgehead atoms. The van der Waals surface area contributed by atoms with Crippen LogP contribution in [-0.2, 0) is 6.42 Å². The lowest BCUT2D eigenvalue weighted by atomic mass is 9.98. The molecule has 3 rings (SSSR count). The maximum absolute atomic E-state index is 5.79. The lowest BCUT2D eigenvalue weighted by Crippen LogP contribution is -2.29. The Morgan fingerprint density at radius 3 is 2.75 bits per heavy atom. The van der Waals surface area contributed by atoms with Gasteiger partial charge < -0.3 is 0 Å². The molecule has 0 aliphatic heterocycles. The second-order valence-electron chi connectivity index (χ2n) is 5.15. The van der Waals surface area contributed by atoms with Crippen LogP contribution in [0.5, 0.6) is 0 Å². The summed E-state index contributed by atoms with van der Waals surface area (Å²) in [6, 6.07) is 11.2. The molecule has 2 nitrogen and oxygen atoms in total. The van der Waals surface area contributed by atoms with Crippen molar-refractivity contribution in [3.63, 3.8) is 0 Å². The zero-order chi connectivity index (χ0) is 14.1. The predicted octanol–water partition coefficient (Wildman–Crippen LogP) is 4.33. The zero-order valence-electron chi connectivity index (χ0n) is 11.6. The van der Waals surface area contributed by atoms with Gasteiger partial charge in [-0.05, 0) is 48.9 Å². The number of nitrogens with two attached hydrogens (primary N) is 1. The highest BCUT2D eigenvalue weighted by atomic mass is 32.1. The van der Waals surface area contributed by atoms with Crippen molar-refractivity contribution < 1.29 is 0 Å². The number of hydrogen-bond acceptors (Lipinski definition) is 4. The van der Waals surface area contributed by atoms with Crippen molar-refractivity contribution in [3.8, 4) is 0 Å². The Morgan fingerprint density at radius 1 is 1.15 bits per heavy atom. The predicted molar refractivity (Wildman–Crippen MR) is 89.4 cm³/mol. The summed E-state index contributed by atoms with van der Waals surface area (Å²) in [4.78, 5) is 1.32. The molecule has 4 heteroatoms. The van der Waals surface area contributed by atoms with Crippen LogP contribution in [0.1, 0.15) is 27.6 Å². The minimum absolute atomic E-state index is 0.181. The van der Waals surface area contributed by atoms with Crippen LogP contribution >= 0.6 is 22.7 Å². The number of fused-ring (bicyclic) bond motifs is 1. The van der Waals surface area contributed by atoms with E-state index in [1.54, 1.807) is 11.3 Å². The first-order valence-electron chi connectivity index (χ1n) is 6.66. The minimum Gasteiger partial charge on any atom is -0.271 e. The normalized spacial score (nSPS) is 12.9. The average Bonchev–Trinajstić information content (AvgIpc) is 3.00. The van der Waals surface area contributed by atoms with Gasteiger partial charge in [0.25, 0.3) is 0 Å². The molecule has 1 aromatic carbocycles. The molecule has 3 aromatic rings. The van der Waals surface area contributed by atoms with Gasteiger partial charge in [-0.3, -0.25) is 11.3 Å². The summed E-state index contributed by atoms with van der Waals surface area (Å²) in [5.41, 5.74) is 6.97. The van der Waals surface area contributed by atoms with E-state index in [-0.39, 0.29) is 6.04 Å². The van der Waals surface area contributed by atoms with E-state index < -0.39 is 0 Å². The van der Waals surface area contributed by atoms with Gasteiger partial charge in [-0.1, -0.05) is 23.8 Å². The molecular weight excluding hydrogens is 284 g/mol. The van der Waals surface area contributed by atoms with E-state index in [1.165, 1.54) is 31.0 Å². The third-order valence-electron chi connectivity index (χ3n) is 3.63. The molecule has 0 aliphatic carbocycles. The minimum atomic E-state index is 0.181. The van der Waals surface area contributed by atoms with Crippen molar-refractivity contribution in [2.24, 2.45) is 5.84 Å². The highest BCUT2D eigenvalue weighted by Crippen LogP contribution is 2.34. The van der Waals surface area contributed by atoms with Crippen molar-refractivity contribution in [2.45, 2.75) is 26.3 Å². The van der Waals surface area contributed by atoms with E-state index in [1.807, 2.05) is 11.3 Å². The second-order valence-corrected chi connectivity index (χ2v) is 7.21. The van der Waals surface area contributed by atoms with E-state index in [0.29, 0.717) is 0 Å². The van der Waals surface area contributed by atoms with Crippen LogP contribution in [0.25, 0.3) is 9.40 Å². The highest BCUT2D eigenvalue weighted by molar-refractivity contribution is 7.26. The Morgan fingerprint density at radius 2 is 2.00 bits per heavy atom. The van der Waals surface area contributed by atoms with E-state index in [2.05, 4.69) is 55.0 Å². The summed E-state index contributed by atoms with van der Waals surface area (Å²) in [6.45, 7) is 4.30. The Labute approximate surface area is 127 Å². The highest BCUT2D eigenvalue weighted by Gasteiger charge is 2.15. The molecule has 0 amide bonds. The fourth-order valence-corrected chi connectivity index (χ4v) is 4.62. The van der Waals surface area contributed by atoms with Crippen molar-refractivity contribution >= 4 is 32.1 Å². The molecule has 0 fully saturated rings. The fraction of sp³-hybridized carbons (Fsp3) is 0.250. The molecule has 0 saturated carbocycles.